The van der Waals surface area contributed by atoms with Crippen molar-refractivity contribution in [2.75, 3.05) is 17.7 Å². The minimum atomic E-state index is -0.162. The van der Waals surface area contributed by atoms with Crippen LogP contribution in [0.3, 0.4) is 0 Å². The van der Waals surface area contributed by atoms with Gasteiger partial charge in [0.05, 0.1) is 17.8 Å². The maximum atomic E-state index is 6.00. The van der Waals surface area contributed by atoms with Crippen molar-refractivity contribution in [2.24, 2.45) is 0 Å². The fourth-order valence-corrected chi connectivity index (χ4v) is 1.88. The molecule has 1 saturated heterocycles. The number of anilines is 2. The molecule has 6 heteroatoms. The molecule has 1 aliphatic heterocycles. The maximum Gasteiger partial charge on any atom is 0.222 e. The van der Waals surface area contributed by atoms with Gasteiger partial charge in [0.1, 0.15) is 5.02 Å². The number of rotatable bonds is 2. The number of nitrogens with two attached hydrogens (primary N) is 1. The Kier molecular flexibility index (Phi) is 2.90. The molecule has 0 radical (unpaired) electrons. The van der Waals surface area contributed by atoms with Gasteiger partial charge in [-0.1, -0.05) is 11.6 Å². The van der Waals surface area contributed by atoms with Crippen LogP contribution in [-0.4, -0.2) is 28.2 Å². The lowest BCUT2D eigenvalue weighted by Crippen LogP contribution is -2.41. The highest BCUT2D eigenvalue weighted by Gasteiger charge is 2.37. The van der Waals surface area contributed by atoms with Crippen molar-refractivity contribution in [3.8, 4) is 0 Å². The third kappa shape index (κ3) is 2.05. The Morgan fingerprint density at radius 1 is 1.69 bits per heavy atom. The number of hydrogen-bond donors (Lipinski definition) is 2. The molecule has 2 unspecified atom stereocenters. The average Bonchev–Trinajstić information content (AvgIpc) is 2.53. The Bertz CT molecular complexity index is 400. The van der Waals surface area contributed by atoms with Gasteiger partial charge in [0.15, 0.2) is 5.82 Å². The predicted octanol–water partition coefficient (Wildman–Crippen LogP) is 1.69. The first-order chi connectivity index (χ1) is 7.51. The number of hydrogen-bond acceptors (Lipinski definition) is 5. The van der Waals surface area contributed by atoms with Crippen LogP contribution in [0.1, 0.15) is 20.3 Å². The van der Waals surface area contributed by atoms with Crippen LogP contribution < -0.4 is 11.1 Å². The quantitative estimate of drug-likeness (QED) is 0.826. The molecule has 1 fully saturated rings. The van der Waals surface area contributed by atoms with Gasteiger partial charge < -0.3 is 15.8 Å². The molecule has 1 aliphatic rings. The Balaban J connectivity index is 2.23. The van der Waals surface area contributed by atoms with Gasteiger partial charge in [-0.2, -0.15) is 4.98 Å². The summed E-state index contributed by atoms with van der Waals surface area (Å²) in [4.78, 5) is 7.90. The van der Waals surface area contributed by atoms with E-state index in [1.807, 2.05) is 6.92 Å². The van der Waals surface area contributed by atoms with Crippen molar-refractivity contribution in [3.63, 3.8) is 0 Å². The highest BCUT2D eigenvalue weighted by Crippen LogP contribution is 2.31. The van der Waals surface area contributed by atoms with Gasteiger partial charge in [0.2, 0.25) is 5.95 Å². The van der Waals surface area contributed by atoms with E-state index in [-0.39, 0.29) is 17.6 Å². The second kappa shape index (κ2) is 4.07. The van der Waals surface area contributed by atoms with E-state index in [0.29, 0.717) is 10.8 Å². The zero-order valence-corrected chi connectivity index (χ0v) is 10.1. The summed E-state index contributed by atoms with van der Waals surface area (Å²) in [7, 11) is 0. The summed E-state index contributed by atoms with van der Waals surface area (Å²) >= 11 is 6.00. The Labute approximate surface area is 99.4 Å². The highest BCUT2D eigenvalue weighted by molar-refractivity contribution is 6.32. The molecule has 0 spiro atoms. The van der Waals surface area contributed by atoms with Crippen molar-refractivity contribution >= 4 is 23.4 Å². The number of nitrogens with one attached hydrogen (secondary N) is 1. The van der Waals surface area contributed by atoms with Crippen LogP contribution in [0.5, 0.6) is 0 Å². The fraction of sp³-hybridized carbons (Fsp3) is 0.600. The van der Waals surface area contributed by atoms with Crippen LogP contribution in [0, 0.1) is 0 Å². The third-order valence-corrected chi connectivity index (χ3v) is 3.33. The molecule has 0 aliphatic carbocycles. The molecule has 1 aromatic rings. The van der Waals surface area contributed by atoms with Crippen LogP contribution in [0.25, 0.3) is 0 Å². The zero-order valence-electron chi connectivity index (χ0n) is 9.33. The van der Waals surface area contributed by atoms with E-state index in [4.69, 9.17) is 22.1 Å². The van der Waals surface area contributed by atoms with Gasteiger partial charge in [-0.05, 0) is 20.3 Å². The van der Waals surface area contributed by atoms with E-state index in [9.17, 15) is 0 Å². The molecule has 2 atom stereocenters. The van der Waals surface area contributed by atoms with Crippen molar-refractivity contribution in [3.05, 3.63) is 11.2 Å². The minimum absolute atomic E-state index is 0.111. The van der Waals surface area contributed by atoms with Gasteiger partial charge in [-0.25, -0.2) is 4.98 Å². The van der Waals surface area contributed by atoms with Gasteiger partial charge in [-0.15, -0.1) is 0 Å². The lowest BCUT2D eigenvalue weighted by atomic mass is 9.95. The van der Waals surface area contributed by atoms with Gasteiger partial charge in [-0.3, -0.25) is 0 Å². The molecule has 0 saturated carbocycles. The first-order valence-electron chi connectivity index (χ1n) is 5.19. The van der Waals surface area contributed by atoms with E-state index in [1.165, 1.54) is 6.20 Å². The van der Waals surface area contributed by atoms with Crippen molar-refractivity contribution in [2.45, 2.75) is 31.9 Å². The fourth-order valence-electron chi connectivity index (χ4n) is 1.74. The van der Waals surface area contributed by atoms with Crippen molar-refractivity contribution in [1.29, 1.82) is 0 Å². The molecule has 88 valence electrons. The van der Waals surface area contributed by atoms with Gasteiger partial charge in [0.25, 0.3) is 0 Å². The second-order valence-corrected chi connectivity index (χ2v) is 4.64. The van der Waals surface area contributed by atoms with E-state index in [0.717, 1.165) is 13.0 Å². The van der Waals surface area contributed by atoms with Crippen LogP contribution in [-0.2, 0) is 4.74 Å². The molecule has 3 N–H and O–H groups in total. The van der Waals surface area contributed by atoms with E-state index in [1.54, 1.807) is 0 Å². The number of ether oxygens (including phenoxy) is 1. The lowest BCUT2D eigenvalue weighted by molar-refractivity contribution is 0.105. The molecule has 16 heavy (non-hydrogen) atoms. The first-order valence-corrected chi connectivity index (χ1v) is 5.57. The molecule has 0 amide bonds. The number of aromatic nitrogens is 2. The highest BCUT2D eigenvalue weighted by atomic mass is 35.5. The smallest absolute Gasteiger partial charge is 0.222 e. The van der Waals surface area contributed by atoms with Gasteiger partial charge in [0, 0.05) is 6.61 Å². The molecule has 0 bridgehead atoms. The first kappa shape index (κ1) is 11.4. The third-order valence-electron chi connectivity index (χ3n) is 3.05. The minimum Gasteiger partial charge on any atom is -0.376 e. The van der Waals surface area contributed by atoms with E-state index in [2.05, 4.69) is 22.2 Å². The molecular formula is C10H15ClN4O. The Morgan fingerprint density at radius 3 is 3.06 bits per heavy atom. The van der Waals surface area contributed by atoms with Crippen LogP contribution in [0.15, 0.2) is 6.20 Å². The normalized spacial score (nSPS) is 29.3. The number of nitrogens with zero attached hydrogens (tertiary/aromatic N) is 2. The van der Waals surface area contributed by atoms with Crippen molar-refractivity contribution in [1.82, 2.24) is 9.97 Å². The van der Waals surface area contributed by atoms with Crippen LogP contribution in [0.4, 0.5) is 11.8 Å². The molecule has 1 aromatic heterocycles. The second-order valence-electron chi connectivity index (χ2n) is 4.23. The molecule has 5 nitrogen and oxygen atoms in total. The maximum absolute atomic E-state index is 6.00. The number of nitrogen functional groups attached to an aromatic ring is 1. The van der Waals surface area contributed by atoms with Gasteiger partial charge >= 0.3 is 0 Å². The summed E-state index contributed by atoms with van der Waals surface area (Å²) < 4.78 is 5.53. The monoisotopic (exact) mass is 242 g/mol. The van der Waals surface area contributed by atoms with Crippen molar-refractivity contribution < 1.29 is 4.74 Å². The Morgan fingerprint density at radius 2 is 2.44 bits per heavy atom. The molecule has 0 aromatic carbocycles. The van der Waals surface area contributed by atoms with E-state index >= 15 is 0 Å². The molecule has 2 heterocycles. The summed E-state index contributed by atoms with van der Waals surface area (Å²) in [6, 6.07) is 0. The summed E-state index contributed by atoms with van der Waals surface area (Å²) in [6.07, 6.45) is 2.52. The van der Waals surface area contributed by atoms with Crippen LogP contribution in [0.2, 0.25) is 5.02 Å². The predicted molar refractivity (Wildman–Crippen MR) is 63.5 cm³/mol. The topological polar surface area (TPSA) is 73.1 Å². The average molecular weight is 243 g/mol. The largest absolute Gasteiger partial charge is 0.376 e. The molecule has 2 rings (SSSR count). The summed E-state index contributed by atoms with van der Waals surface area (Å²) in [5.74, 6) is 0.774. The Hall–Kier alpha value is -1.07. The summed E-state index contributed by atoms with van der Waals surface area (Å²) in [5, 5.41) is 3.76. The lowest BCUT2D eigenvalue weighted by Gasteiger charge is -2.29. The zero-order chi connectivity index (χ0) is 11.8. The standard InChI is InChI=1S/C10H15ClN4O/c1-6-10(2,3-4-16-6)15-8-7(11)5-13-9(12)14-8/h5-6H,3-4H2,1-2H3,(H3,12,13,14,15). The SMILES string of the molecule is CC1OCCC1(C)Nc1nc(N)ncc1Cl. The number of halogens is 1. The van der Waals surface area contributed by atoms with E-state index < -0.39 is 0 Å². The molecular weight excluding hydrogens is 228 g/mol. The summed E-state index contributed by atoms with van der Waals surface area (Å²) in [6.45, 7) is 4.85. The summed E-state index contributed by atoms with van der Waals surface area (Å²) in [5.41, 5.74) is 5.37. The van der Waals surface area contributed by atoms with Crippen LogP contribution >= 0.6 is 11.6 Å².